The van der Waals surface area contributed by atoms with Gasteiger partial charge < -0.3 is 19.6 Å². The van der Waals surface area contributed by atoms with Crippen LogP contribution in [0.1, 0.15) is 58.5 Å². The number of furan rings is 1. The fraction of sp³-hybridized carbons (Fsp3) is 0.360. The number of hydrogen-bond acceptors (Lipinski definition) is 4. The summed E-state index contributed by atoms with van der Waals surface area (Å²) in [6.45, 7) is 3.87. The molecule has 1 fully saturated rings. The molecule has 1 aliphatic heterocycles. The maximum absolute atomic E-state index is 13.4. The van der Waals surface area contributed by atoms with Gasteiger partial charge >= 0.3 is 0 Å². The van der Waals surface area contributed by atoms with Gasteiger partial charge in [0, 0.05) is 24.7 Å². The van der Waals surface area contributed by atoms with E-state index in [0.29, 0.717) is 18.5 Å². The molecule has 1 amide bonds. The van der Waals surface area contributed by atoms with Gasteiger partial charge in [-0.3, -0.25) is 9.59 Å². The molecule has 33 heavy (non-hydrogen) atoms. The topological polar surface area (TPSA) is 76.3 Å². The first-order chi connectivity index (χ1) is 15.5. The van der Waals surface area contributed by atoms with E-state index in [1.165, 1.54) is 12.1 Å². The number of aryl methyl sites for hydroxylation is 1. The molecule has 1 aromatic carbocycles. The molecule has 1 saturated heterocycles. The average molecular weight is 474 g/mol. The van der Waals surface area contributed by atoms with Crippen molar-refractivity contribution in [2.24, 2.45) is 0 Å². The molecule has 3 aromatic rings. The number of nitrogens with one attached hydrogen (secondary N) is 2. The molecule has 1 aliphatic rings. The number of aromatic nitrogens is 1. The number of carbonyl (C=O) groups excluding carboxylic acids is 1. The third kappa shape index (κ3) is 5.72. The van der Waals surface area contributed by atoms with Gasteiger partial charge in [-0.05, 0) is 80.7 Å². The Labute approximate surface area is 198 Å². The summed E-state index contributed by atoms with van der Waals surface area (Å²) in [5, 5.41) is 6.20. The molecule has 6 nitrogen and oxygen atoms in total. The maximum Gasteiger partial charge on any atom is 0.263 e. The molecule has 4 rings (SSSR count). The smallest absolute Gasteiger partial charge is 0.263 e. The summed E-state index contributed by atoms with van der Waals surface area (Å²) >= 11 is 0. The Morgan fingerprint density at radius 2 is 1.94 bits per heavy atom. The van der Waals surface area contributed by atoms with Crippen LogP contribution in [0.15, 0.2) is 64.1 Å². The predicted molar refractivity (Wildman–Crippen MR) is 128 cm³/mol. The van der Waals surface area contributed by atoms with E-state index in [2.05, 4.69) is 10.6 Å². The summed E-state index contributed by atoms with van der Waals surface area (Å²) in [5.74, 6) is -0.0536. The third-order valence-corrected chi connectivity index (χ3v) is 6.13. The van der Waals surface area contributed by atoms with Crippen molar-refractivity contribution in [2.75, 3.05) is 19.6 Å². The summed E-state index contributed by atoms with van der Waals surface area (Å²) < 4.78 is 20.6. The second kappa shape index (κ2) is 11.3. The second-order valence-electron chi connectivity index (χ2n) is 8.23. The predicted octanol–water partition coefficient (Wildman–Crippen LogP) is 4.19. The summed E-state index contributed by atoms with van der Waals surface area (Å²) in [7, 11) is 0. The Hall–Kier alpha value is -2.90. The fourth-order valence-corrected chi connectivity index (χ4v) is 4.37. The minimum Gasteiger partial charge on any atom is -0.469 e. The summed E-state index contributed by atoms with van der Waals surface area (Å²) in [6, 6.07) is 11.9. The number of piperidine rings is 1. The van der Waals surface area contributed by atoms with Crippen LogP contribution in [0.25, 0.3) is 0 Å². The quantitative estimate of drug-likeness (QED) is 0.539. The molecule has 1 unspecified atom stereocenters. The van der Waals surface area contributed by atoms with Crippen molar-refractivity contribution in [3.8, 4) is 0 Å². The number of hydrogen-bond donors (Lipinski definition) is 2. The van der Waals surface area contributed by atoms with Gasteiger partial charge in [0.05, 0.1) is 6.26 Å². The Bertz CT molecular complexity index is 1110. The standard InChI is InChI=1S/C25H28FN3O3.ClH/c1-17-11-15-29(20-8-12-27-13-9-20)25(31)23(17)24(30)28-14-10-21(22-3-2-16-32-22)18-4-6-19(26)7-5-18;/h2-7,11,15-16,20-21,27H,8-10,12-14H2,1H3,(H,28,30);1H. The van der Waals surface area contributed by atoms with Gasteiger partial charge in [0.1, 0.15) is 17.1 Å². The molecular formula is C25H29ClFN3O3. The van der Waals surface area contributed by atoms with Gasteiger partial charge in [-0.2, -0.15) is 0 Å². The van der Waals surface area contributed by atoms with Crippen LogP contribution in [0, 0.1) is 12.7 Å². The van der Waals surface area contributed by atoms with E-state index in [0.717, 1.165) is 37.3 Å². The molecule has 176 valence electrons. The average Bonchev–Trinajstić information content (AvgIpc) is 3.33. The number of rotatable bonds is 7. The van der Waals surface area contributed by atoms with Crippen molar-refractivity contribution >= 4 is 18.3 Å². The molecule has 0 radical (unpaired) electrons. The summed E-state index contributed by atoms with van der Waals surface area (Å²) in [5.41, 5.74) is 1.52. The lowest BCUT2D eigenvalue weighted by Crippen LogP contribution is -2.38. The van der Waals surface area contributed by atoms with Crippen molar-refractivity contribution in [3.05, 3.63) is 93.5 Å². The number of amides is 1. The van der Waals surface area contributed by atoms with Crippen LogP contribution in [-0.4, -0.2) is 30.1 Å². The van der Waals surface area contributed by atoms with Crippen molar-refractivity contribution in [1.29, 1.82) is 0 Å². The minimum atomic E-state index is -0.368. The van der Waals surface area contributed by atoms with Crippen molar-refractivity contribution < 1.29 is 13.6 Å². The fourth-order valence-electron chi connectivity index (χ4n) is 4.37. The van der Waals surface area contributed by atoms with Crippen LogP contribution >= 0.6 is 12.4 Å². The van der Waals surface area contributed by atoms with Gasteiger partial charge in [0.2, 0.25) is 0 Å². The summed E-state index contributed by atoms with van der Waals surface area (Å²) in [6.07, 6.45) is 5.69. The molecule has 8 heteroatoms. The van der Waals surface area contributed by atoms with Crippen LogP contribution in [-0.2, 0) is 0 Å². The third-order valence-electron chi connectivity index (χ3n) is 6.13. The van der Waals surface area contributed by atoms with Gasteiger partial charge in [-0.15, -0.1) is 12.4 Å². The van der Waals surface area contributed by atoms with Crippen LogP contribution in [0.3, 0.4) is 0 Å². The first-order valence-electron chi connectivity index (χ1n) is 11.0. The number of benzene rings is 1. The number of carbonyl (C=O) groups is 1. The maximum atomic E-state index is 13.4. The molecule has 0 spiro atoms. The highest BCUT2D eigenvalue weighted by Crippen LogP contribution is 2.28. The van der Waals surface area contributed by atoms with Crippen molar-refractivity contribution in [2.45, 2.75) is 38.1 Å². The Morgan fingerprint density at radius 1 is 1.21 bits per heavy atom. The van der Waals surface area contributed by atoms with E-state index in [1.54, 1.807) is 42.1 Å². The number of nitrogens with zero attached hydrogens (tertiary/aromatic N) is 1. The van der Waals surface area contributed by atoms with E-state index in [1.807, 2.05) is 12.1 Å². The number of pyridine rings is 1. The number of halogens is 2. The van der Waals surface area contributed by atoms with E-state index in [4.69, 9.17) is 4.42 Å². The molecule has 0 aliphatic carbocycles. The van der Waals surface area contributed by atoms with Gasteiger partial charge in [-0.1, -0.05) is 12.1 Å². The Balaban J connectivity index is 0.00000306. The molecular weight excluding hydrogens is 445 g/mol. The van der Waals surface area contributed by atoms with Gasteiger partial charge in [0.25, 0.3) is 11.5 Å². The molecule has 0 saturated carbocycles. The highest BCUT2D eigenvalue weighted by Gasteiger charge is 2.22. The highest BCUT2D eigenvalue weighted by atomic mass is 35.5. The lowest BCUT2D eigenvalue weighted by atomic mass is 9.93. The van der Waals surface area contributed by atoms with Crippen LogP contribution in [0.5, 0.6) is 0 Å². The Kier molecular flexibility index (Phi) is 8.47. The molecule has 2 aromatic heterocycles. The van der Waals surface area contributed by atoms with Gasteiger partial charge in [-0.25, -0.2) is 4.39 Å². The molecule has 3 heterocycles. The van der Waals surface area contributed by atoms with Crippen molar-refractivity contribution in [1.82, 2.24) is 15.2 Å². The molecule has 0 bridgehead atoms. The van der Waals surface area contributed by atoms with E-state index in [-0.39, 0.29) is 47.2 Å². The first kappa shape index (κ1) is 24.7. The highest BCUT2D eigenvalue weighted by molar-refractivity contribution is 5.95. The largest absolute Gasteiger partial charge is 0.469 e. The SMILES string of the molecule is Cc1ccn(C2CCNCC2)c(=O)c1C(=O)NCCC(c1ccc(F)cc1)c1ccco1.Cl. The van der Waals surface area contributed by atoms with Gasteiger partial charge in [0.15, 0.2) is 0 Å². The Morgan fingerprint density at radius 3 is 2.61 bits per heavy atom. The monoisotopic (exact) mass is 473 g/mol. The zero-order valence-corrected chi connectivity index (χ0v) is 19.4. The lowest BCUT2D eigenvalue weighted by molar-refractivity contribution is 0.0949. The van der Waals surface area contributed by atoms with E-state index >= 15 is 0 Å². The lowest BCUT2D eigenvalue weighted by Gasteiger charge is -2.25. The van der Waals surface area contributed by atoms with E-state index in [9.17, 15) is 14.0 Å². The molecule has 1 atom stereocenters. The van der Waals surface area contributed by atoms with Crippen LogP contribution < -0.4 is 16.2 Å². The van der Waals surface area contributed by atoms with Crippen LogP contribution in [0.4, 0.5) is 4.39 Å². The minimum absolute atomic E-state index is 0. The second-order valence-corrected chi connectivity index (χ2v) is 8.23. The summed E-state index contributed by atoms with van der Waals surface area (Å²) in [4.78, 5) is 26.1. The normalized spacial score (nSPS) is 15.0. The van der Waals surface area contributed by atoms with Crippen molar-refractivity contribution in [3.63, 3.8) is 0 Å². The van der Waals surface area contributed by atoms with Crippen LogP contribution in [0.2, 0.25) is 0 Å². The zero-order chi connectivity index (χ0) is 22.5. The molecule has 2 N–H and O–H groups in total. The van der Waals surface area contributed by atoms with E-state index < -0.39 is 0 Å². The zero-order valence-electron chi connectivity index (χ0n) is 18.6. The first-order valence-corrected chi connectivity index (χ1v) is 11.0.